The number of ether oxygens (including phenoxy) is 1. The Hall–Kier alpha value is -3.19. The van der Waals surface area contributed by atoms with Crippen LogP contribution in [0.3, 0.4) is 0 Å². The fourth-order valence-corrected chi connectivity index (χ4v) is 3.91. The number of hydrogen-bond acceptors (Lipinski definition) is 4. The molecule has 0 saturated carbocycles. The maximum absolute atomic E-state index is 12.6. The van der Waals surface area contributed by atoms with E-state index in [-0.39, 0.29) is 17.7 Å². The highest BCUT2D eigenvalue weighted by Crippen LogP contribution is 2.45. The van der Waals surface area contributed by atoms with Crippen LogP contribution in [-0.4, -0.2) is 37.0 Å². The number of hydrogen-bond donors (Lipinski definition) is 3. The van der Waals surface area contributed by atoms with E-state index in [0.717, 1.165) is 11.3 Å². The van der Waals surface area contributed by atoms with Gasteiger partial charge in [-0.05, 0) is 49.6 Å². The molecule has 150 valence electrons. The zero-order chi connectivity index (χ0) is 20.4. The Labute approximate surface area is 168 Å². The van der Waals surface area contributed by atoms with Crippen molar-refractivity contribution in [1.29, 1.82) is 0 Å². The Morgan fingerprint density at radius 1 is 1.10 bits per heavy atom. The Balaban J connectivity index is 1.44. The van der Waals surface area contributed by atoms with Crippen molar-refractivity contribution in [2.24, 2.45) is 0 Å². The van der Waals surface area contributed by atoms with Gasteiger partial charge in [0.1, 0.15) is 6.04 Å². The molecule has 2 aliphatic rings. The molecule has 2 heterocycles. The summed E-state index contributed by atoms with van der Waals surface area (Å²) in [5.74, 6) is -0.655. The van der Waals surface area contributed by atoms with Crippen LogP contribution in [0.4, 0.5) is 11.4 Å². The number of benzene rings is 2. The summed E-state index contributed by atoms with van der Waals surface area (Å²) in [6.45, 7) is 2.75. The van der Waals surface area contributed by atoms with Crippen molar-refractivity contribution in [2.75, 3.05) is 23.8 Å². The summed E-state index contributed by atoms with van der Waals surface area (Å²) in [4.78, 5) is 37.3. The highest BCUT2D eigenvalue weighted by molar-refractivity contribution is 6.07. The molecule has 4 rings (SSSR count). The van der Waals surface area contributed by atoms with E-state index >= 15 is 0 Å². The van der Waals surface area contributed by atoms with Crippen molar-refractivity contribution in [2.45, 2.75) is 31.2 Å². The largest absolute Gasteiger partial charge is 0.381 e. The number of nitrogens with one attached hydrogen (secondary N) is 3. The fourth-order valence-electron chi connectivity index (χ4n) is 3.91. The molecule has 0 radical (unpaired) electrons. The van der Waals surface area contributed by atoms with Gasteiger partial charge in [-0.2, -0.15) is 0 Å². The van der Waals surface area contributed by atoms with Gasteiger partial charge in [-0.1, -0.05) is 24.3 Å². The van der Waals surface area contributed by atoms with E-state index in [2.05, 4.69) is 16.0 Å². The lowest BCUT2D eigenvalue weighted by atomic mass is 9.75. The second-order valence-corrected chi connectivity index (χ2v) is 7.46. The summed E-state index contributed by atoms with van der Waals surface area (Å²) in [7, 11) is 0. The van der Waals surface area contributed by atoms with Gasteiger partial charge in [0, 0.05) is 30.2 Å². The molecule has 7 nitrogen and oxygen atoms in total. The van der Waals surface area contributed by atoms with Crippen LogP contribution in [0, 0.1) is 0 Å². The predicted molar refractivity (Wildman–Crippen MR) is 109 cm³/mol. The van der Waals surface area contributed by atoms with Gasteiger partial charge in [-0.25, -0.2) is 0 Å². The molecule has 1 spiro atoms. The van der Waals surface area contributed by atoms with Crippen molar-refractivity contribution >= 4 is 29.1 Å². The number of amides is 3. The van der Waals surface area contributed by atoms with Crippen LogP contribution in [0.25, 0.3) is 0 Å². The normalized spacial score (nSPS) is 17.9. The lowest BCUT2D eigenvalue weighted by molar-refractivity contribution is -0.124. The SMILES string of the molecule is C[C@H](NC(=O)c1ccccc1)C(=O)Nc1ccc2c(c1)NC(=O)C21CCOCC1. The topological polar surface area (TPSA) is 96.5 Å². The summed E-state index contributed by atoms with van der Waals surface area (Å²) in [5, 5.41) is 8.43. The molecular weight excluding hydrogens is 370 g/mol. The van der Waals surface area contributed by atoms with E-state index in [1.807, 2.05) is 12.1 Å². The third-order valence-electron chi connectivity index (χ3n) is 5.61. The van der Waals surface area contributed by atoms with Crippen LogP contribution in [0.5, 0.6) is 0 Å². The average Bonchev–Trinajstić information content (AvgIpc) is 2.99. The van der Waals surface area contributed by atoms with E-state index in [0.29, 0.717) is 37.3 Å². The fraction of sp³-hybridized carbons (Fsp3) is 0.318. The van der Waals surface area contributed by atoms with E-state index < -0.39 is 11.5 Å². The highest BCUT2D eigenvalue weighted by Gasteiger charge is 2.47. The van der Waals surface area contributed by atoms with Crippen LogP contribution in [0.2, 0.25) is 0 Å². The van der Waals surface area contributed by atoms with Gasteiger partial charge in [0.05, 0.1) is 5.41 Å². The molecule has 1 saturated heterocycles. The first-order chi connectivity index (χ1) is 14.0. The van der Waals surface area contributed by atoms with Crippen LogP contribution >= 0.6 is 0 Å². The maximum Gasteiger partial charge on any atom is 0.251 e. The summed E-state index contributed by atoms with van der Waals surface area (Å²) in [6.07, 6.45) is 1.31. The molecule has 29 heavy (non-hydrogen) atoms. The van der Waals surface area contributed by atoms with Gasteiger partial charge < -0.3 is 20.7 Å². The third kappa shape index (κ3) is 3.61. The first kappa shape index (κ1) is 19.1. The first-order valence-electron chi connectivity index (χ1n) is 9.70. The van der Waals surface area contributed by atoms with Crippen molar-refractivity contribution in [1.82, 2.24) is 5.32 Å². The molecule has 0 aliphatic carbocycles. The molecule has 2 aliphatic heterocycles. The van der Waals surface area contributed by atoms with E-state index in [1.54, 1.807) is 43.3 Å². The van der Waals surface area contributed by atoms with Crippen LogP contribution < -0.4 is 16.0 Å². The Bertz CT molecular complexity index is 952. The minimum atomic E-state index is -0.715. The minimum Gasteiger partial charge on any atom is -0.381 e. The smallest absolute Gasteiger partial charge is 0.251 e. The summed E-state index contributed by atoms with van der Waals surface area (Å²) in [5.41, 5.74) is 2.20. The zero-order valence-corrected chi connectivity index (χ0v) is 16.2. The number of fused-ring (bicyclic) bond motifs is 2. The Morgan fingerprint density at radius 3 is 2.55 bits per heavy atom. The number of anilines is 2. The van der Waals surface area contributed by atoms with Gasteiger partial charge >= 0.3 is 0 Å². The summed E-state index contributed by atoms with van der Waals surface area (Å²) in [6, 6.07) is 13.5. The van der Waals surface area contributed by atoms with Crippen LogP contribution in [0.1, 0.15) is 35.7 Å². The van der Waals surface area contributed by atoms with E-state index in [4.69, 9.17) is 4.74 Å². The van der Waals surface area contributed by atoms with Gasteiger partial charge in [0.2, 0.25) is 11.8 Å². The van der Waals surface area contributed by atoms with E-state index in [1.165, 1.54) is 0 Å². The van der Waals surface area contributed by atoms with Crippen molar-refractivity contribution < 1.29 is 19.1 Å². The monoisotopic (exact) mass is 393 g/mol. The van der Waals surface area contributed by atoms with Crippen molar-refractivity contribution in [3.05, 3.63) is 59.7 Å². The average molecular weight is 393 g/mol. The Kier molecular flexibility index (Phi) is 5.07. The molecule has 2 aromatic carbocycles. The molecule has 1 atom stereocenters. The quantitative estimate of drug-likeness (QED) is 0.743. The number of rotatable bonds is 4. The molecule has 0 aromatic heterocycles. The van der Waals surface area contributed by atoms with E-state index in [9.17, 15) is 14.4 Å². The van der Waals surface area contributed by atoms with Gasteiger partial charge in [-0.15, -0.1) is 0 Å². The highest BCUT2D eigenvalue weighted by atomic mass is 16.5. The lowest BCUT2D eigenvalue weighted by Crippen LogP contribution is -2.41. The molecule has 3 N–H and O–H groups in total. The molecule has 7 heteroatoms. The molecule has 3 amide bonds. The second kappa shape index (κ2) is 7.67. The van der Waals surface area contributed by atoms with Gasteiger partial charge in [0.25, 0.3) is 5.91 Å². The standard InChI is InChI=1S/C22H23N3O4/c1-14(23-20(27)15-5-3-2-4-6-15)19(26)24-16-7-8-17-18(13-16)25-21(28)22(17)9-11-29-12-10-22/h2-8,13-14H,9-12H2,1H3,(H,23,27)(H,24,26)(H,25,28)/t14-/m0/s1. The predicted octanol–water partition coefficient (Wildman–Crippen LogP) is 2.44. The molecule has 2 aromatic rings. The number of carbonyl (C=O) groups is 3. The molecule has 0 unspecified atom stereocenters. The minimum absolute atomic E-state index is 0.0113. The summed E-state index contributed by atoms with van der Waals surface area (Å²) >= 11 is 0. The van der Waals surface area contributed by atoms with Crippen molar-refractivity contribution in [3.8, 4) is 0 Å². The second-order valence-electron chi connectivity index (χ2n) is 7.46. The lowest BCUT2D eigenvalue weighted by Gasteiger charge is -2.31. The molecular formula is C22H23N3O4. The third-order valence-corrected chi connectivity index (χ3v) is 5.61. The Morgan fingerprint density at radius 2 is 1.83 bits per heavy atom. The zero-order valence-electron chi connectivity index (χ0n) is 16.2. The molecule has 1 fully saturated rings. The van der Waals surface area contributed by atoms with Crippen LogP contribution in [-0.2, 0) is 19.7 Å². The van der Waals surface area contributed by atoms with Crippen LogP contribution in [0.15, 0.2) is 48.5 Å². The first-order valence-corrected chi connectivity index (χ1v) is 9.70. The summed E-state index contributed by atoms with van der Waals surface area (Å²) < 4.78 is 5.41. The molecule has 0 bridgehead atoms. The maximum atomic E-state index is 12.6. The van der Waals surface area contributed by atoms with Crippen molar-refractivity contribution in [3.63, 3.8) is 0 Å². The van der Waals surface area contributed by atoms with Gasteiger partial charge in [-0.3, -0.25) is 14.4 Å². The number of carbonyl (C=O) groups excluding carboxylic acids is 3. The van der Waals surface area contributed by atoms with Gasteiger partial charge in [0.15, 0.2) is 0 Å².